The Labute approximate surface area is 119 Å². The molecule has 4 heteroatoms. The number of hydrogen-bond acceptors (Lipinski definition) is 3. The van der Waals surface area contributed by atoms with Crippen molar-refractivity contribution in [3.63, 3.8) is 0 Å². The Kier molecular flexibility index (Phi) is 4.32. The molecule has 0 radical (unpaired) electrons. The zero-order valence-electron chi connectivity index (χ0n) is 12.2. The SMILES string of the molecule is CCC(C)(C)NC(=O)/C=C/c1ccc2c(c1)OCCO2. The van der Waals surface area contributed by atoms with Gasteiger partial charge < -0.3 is 14.8 Å². The summed E-state index contributed by atoms with van der Waals surface area (Å²) in [6.45, 7) is 7.19. The summed E-state index contributed by atoms with van der Waals surface area (Å²) >= 11 is 0. The van der Waals surface area contributed by atoms with Crippen molar-refractivity contribution in [1.82, 2.24) is 5.32 Å². The van der Waals surface area contributed by atoms with E-state index in [1.165, 1.54) is 0 Å². The lowest BCUT2D eigenvalue weighted by Crippen LogP contribution is -2.41. The molecule has 1 aromatic rings. The molecule has 0 spiro atoms. The van der Waals surface area contributed by atoms with Gasteiger partial charge in [0.25, 0.3) is 0 Å². The summed E-state index contributed by atoms with van der Waals surface area (Å²) in [5, 5.41) is 2.96. The molecule has 1 amide bonds. The van der Waals surface area contributed by atoms with E-state index in [2.05, 4.69) is 5.32 Å². The van der Waals surface area contributed by atoms with Crippen molar-refractivity contribution in [3.05, 3.63) is 29.8 Å². The summed E-state index contributed by atoms with van der Waals surface area (Å²) in [6, 6.07) is 5.65. The molecular weight excluding hydrogens is 254 g/mol. The summed E-state index contributed by atoms with van der Waals surface area (Å²) in [4.78, 5) is 11.8. The fraction of sp³-hybridized carbons (Fsp3) is 0.438. The number of rotatable bonds is 4. The first-order valence-electron chi connectivity index (χ1n) is 6.90. The van der Waals surface area contributed by atoms with E-state index in [1.807, 2.05) is 39.0 Å². The summed E-state index contributed by atoms with van der Waals surface area (Å²) < 4.78 is 11.0. The number of fused-ring (bicyclic) bond motifs is 1. The minimum Gasteiger partial charge on any atom is -0.486 e. The number of benzene rings is 1. The van der Waals surface area contributed by atoms with Gasteiger partial charge in [0.15, 0.2) is 11.5 Å². The van der Waals surface area contributed by atoms with Crippen molar-refractivity contribution < 1.29 is 14.3 Å². The second-order valence-electron chi connectivity index (χ2n) is 5.46. The molecule has 1 aliphatic rings. The van der Waals surface area contributed by atoms with Gasteiger partial charge in [0, 0.05) is 11.6 Å². The van der Waals surface area contributed by atoms with Gasteiger partial charge in [-0.1, -0.05) is 13.0 Å². The molecule has 108 valence electrons. The number of hydrogen-bond donors (Lipinski definition) is 1. The van der Waals surface area contributed by atoms with Gasteiger partial charge in [-0.15, -0.1) is 0 Å². The molecule has 2 rings (SSSR count). The third kappa shape index (κ3) is 3.76. The van der Waals surface area contributed by atoms with Gasteiger partial charge >= 0.3 is 0 Å². The highest BCUT2D eigenvalue weighted by Crippen LogP contribution is 2.31. The highest BCUT2D eigenvalue weighted by atomic mass is 16.6. The molecular formula is C16H21NO3. The van der Waals surface area contributed by atoms with Crippen molar-refractivity contribution in [2.24, 2.45) is 0 Å². The van der Waals surface area contributed by atoms with Crippen LogP contribution in [0.25, 0.3) is 6.08 Å². The lowest BCUT2D eigenvalue weighted by Gasteiger charge is -2.23. The third-order valence-electron chi connectivity index (χ3n) is 3.34. The third-order valence-corrected chi connectivity index (χ3v) is 3.34. The van der Waals surface area contributed by atoms with Crippen molar-refractivity contribution >= 4 is 12.0 Å². The zero-order valence-corrected chi connectivity index (χ0v) is 12.2. The Balaban J connectivity index is 2.02. The van der Waals surface area contributed by atoms with E-state index in [0.29, 0.717) is 13.2 Å². The normalized spacial score (nSPS) is 14.3. The Morgan fingerprint density at radius 3 is 2.70 bits per heavy atom. The smallest absolute Gasteiger partial charge is 0.244 e. The van der Waals surface area contributed by atoms with Crippen molar-refractivity contribution in [3.8, 4) is 11.5 Å². The minimum absolute atomic E-state index is 0.0910. The van der Waals surface area contributed by atoms with E-state index in [9.17, 15) is 4.79 Å². The Hall–Kier alpha value is -1.97. The van der Waals surface area contributed by atoms with Gasteiger partial charge in [-0.3, -0.25) is 4.79 Å². The maximum absolute atomic E-state index is 11.8. The number of amides is 1. The molecule has 1 N–H and O–H groups in total. The average molecular weight is 275 g/mol. The van der Waals surface area contributed by atoms with Crippen LogP contribution in [0.15, 0.2) is 24.3 Å². The van der Waals surface area contributed by atoms with E-state index in [4.69, 9.17) is 9.47 Å². The van der Waals surface area contributed by atoms with Gasteiger partial charge in [-0.05, 0) is 44.0 Å². The molecule has 0 aromatic heterocycles. The first-order chi connectivity index (χ1) is 9.50. The Bertz CT molecular complexity index is 520. The monoisotopic (exact) mass is 275 g/mol. The second kappa shape index (κ2) is 5.99. The zero-order chi connectivity index (χ0) is 14.6. The number of carbonyl (C=O) groups is 1. The Morgan fingerprint density at radius 2 is 2.00 bits per heavy atom. The maximum Gasteiger partial charge on any atom is 0.244 e. The number of carbonyl (C=O) groups excluding carboxylic acids is 1. The maximum atomic E-state index is 11.8. The molecule has 0 saturated carbocycles. The van der Waals surface area contributed by atoms with Gasteiger partial charge in [0.05, 0.1) is 0 Å². The molecule has 0 atom stereocenters. The molecule has 1 heterocycles. The van der Waals surface area contributed by atoms with E-state index in [0.717, 1.165) is 23.5 Å². The molecule has 0 saturated heterocycles. The van der Waals surface area contributed by atoms with E-state index < -0.39 is 0 Å². The molecule has 0 unspecified atom stereocenters. The van der Waals surface area contributed by atoms with Crippen molar-refractivity contribution in [1.29, 1.82) is 0 Å². The van der Waals surface area contributed by atoms with Crippen LogP contribution in [0.3, 0.4) is 0 Å². The summed E-state index contributed by atoms with van der Waals surface area (Å²) in [7, 11) is 0. The lowest BCUT2D eigenvalue weighted by atomic mass is 10.0. The molecule has 0 bridgehead atoms. The topological polar surface area (TPSA) is 47.6 Å². The minimum atomic E-state index is -0.186. The van der Waals surface area contributed by atoms with Crippen LogP contribution < -0.4 is 14.8 Å². The van der Waals surface area contributed by atoms with Gasteiger partial charge in [0.2, 0.25) is 5.91 Å². The summed E-state index contributed by atoms with van der Waals surface area (Å²) in [5.41, 5.74) is 0.729. The predicted octanol–water partition coefficient (Wildman–Crippen LogP) is 2.78. The van der Waals surface area contributed by atoms with Crippen LogP contribution in [0, 0.1) is 0 Å². The largest absolute Gasteiger partial charge is 0.486 e. The predicted molar refractivity (Wildman–Crippen MR) is 79.0 cm³/mol. The van der Waals surface area contributed by atoms with E-state index >= 15 is 0 Å². The first-order valence-corrected chi connectivity index (χ1v) is 6.90. The Morgan fingerprint density at radius 1 is 1.30 bits per heavy atom. The lowest BCUT2D eigenvalue weighted by molar-refractivity contribution is -0.117. The molecule has 4 nitrogen and oxygen atoms in total. The quantitative estimate of drug-likeness (QED) is 0.860. The summed E-state index contributed by atoms with van der Waals surface area (Å²) in [5.74, 6) is 1.39. The molecule has 0 aliphatic carbocycles. The van der Waals surface area contributed by atoms with Gasteiger partial charge in [0.1, 0.15) is 13.2 Å². The van der Waals surface area contributed by atoms with Crippen LogP contribution in [0.4, 0.5) is 0 Å². The van der Waals surface area contributed by atoms with Crippen LogP contribution in [0.1, 0.15) is 32.8 Å². The van der Waals surface area contributed by atoms with E-state index in [-0.39, 0.29) is 11.4 Å². The molecule has 0 fully saturated rings. The van der Waals surface area contributed by atoms with Crippen molar-refractivity contribution in [2.75, 3.05) is 13.2 Å². The number of ether oxygens (including phenoxy) is 2. The average Bonchev–Trinajstić information content (AvgIpc) is 2.44. The second-order valence-corrected chi connectivity index (χ2v) is 5.46. The van der Waals surface area contributed by atoms with Crippen LogP contribution in [-0.2, 0) is 4.79 Å². The highest BCUT2D eigenvalue weighted by molar-refractivity contribution is 5.92. The molecule has 20 heavy (non-hydrogen) atoms. The fourth-order valence-corrected chi connectivity index (χ4v) is 1.80. The van der Waals surface area contributed by atoms with E-state index in [1.54, 1.807) is 12.2 Å². The fourth-order valence-electron chi connectivity index (χ4n) is 1.80. The highest BCUT2D eigenvalue weighted by Gasteiger charge is 2.16. The first kappa shape index (κ1) is 14.4. The van der Waals surface area contributed by atoms with Crippen LogP contribution in [0.5, 0.6) is 11.5 Å². The van der Waals surface area contributed by atoms with Crippen LogP contribution in [-0.4, -0.2) is 24.7 Å². The summed E-state index contributed by atoms with van der Waals surface area (Å²) in [6.07, 6.45) is 4.21. The standard InChI is InChI=1S/C16H21NO3/c1-4-16(2,3)17-15(18)8-6-12-5-7-13-14(11-12)20-10-9-19-13/h5-8,11H,4,9-10H2,1-3H3,(H,17,18)/b8-6+. The van der Waals surface area contributed by atoms with Crippen LogP contribution in [0.2, 0.25) is 0 Å². The molecule has 1 aromatic carbocycles. The van der Waals surface area contributed by atoms with Gasteiger partial charge in [-0.2, -0.15) is 0 Å². The van der Waals surface area contributed by atoms with Gasteiger partial charge in [-0.25, -0.2) is 0 Å². The van der Waals surface area contributed by atoms with Crippen molar-refractivity contribution in [2.45, 2.75) is 32.7 Å². The number of nitrogens with one attached hydrogen (secondary N) is 1. The molecule has 1 aliphatic heterocycles. The van der Waals surface area contributed by atoms with Crippen LogP contribution >= 0.6 is 0 Å².